The molecule has 184 valence electrons. The van der Waals surface area contributed by atoms with Gasteiger partial charge in [-0.1, -0.05) is 0 Å². The van der Waals surface area contributed by atoms with Crippen LogP contribution in [0.1, 0.15) is 44.0 Å². The number of carbonyl (C=O) groups is 3. The molecule has 0 aliphatic rings. The van der Waals surface area contributed by atoms with Gasteiger partial charge < -0.3 is 31.9 Å². The molecule has 33 heavy (non-hydrogen) atoms. The van der Waals surface area contributed by atoms with Crippen molar-refractivity contribution in [1.29, 1.82) is 0 Å². The zero-order chi connectivity index (χ0) is 24.7. The van der Waals surface area contributed by atoms with Crippen molar-refractivity contribution in [1.82, 2.24) is 0 Å². The number of hydrogen-bond acceptors (Lipinski definition) is 10. The molecule has 0 N–H and O–H groups in total. The van der Waals surface area contributed by atoms with Gasteiger partial charge in [0.1, 0.15) is 5.76 Å². The van der Waals surface area contributed by atoms with Gasteiger partial charge in [-0.05, 0) is 58.0 Å². The quantitative estimate of drug-likeness (QED) is 0.179. The van der Waals surface area contributed by atoms with E-state index in [1.54, 1.807) is 50.5 Å². The summed E-state index contributed by atoms with van der Waals surface area (Å²) in [5.74, 6) is 0.261. The summed E-state index contributed by atoms with van der Waals surface area (Å²) in [7, 11) is -1.40. The van der Waals surface area contributed by atoms with E-state index in [1.165, 1.54) is 12.3 Å². The Morgan fingerprint density at radius 1 is 0.848 bits per heavy atom. The standard InChI is InChI=1S/C9H10O3.C8H17O5P.C5H4O2/c1-2-11-9(10)6-5-8-4-3-7-12-8;1-4-10-8(9)7-13-14(11-5-2)12-6-3;6-4-5-2-1-3-7-5/h3-7H,2H2,1H3;4-7H2,1-3H3;1-4H. The molecule has 0 bridgehead atoms. The Balaban J connectivity index is 0.000000488. The van der Waals surface area contributed by atoms with Crippen LogP contribution in [0.25, 0.3) is 6.08 Å². The number of aldehydes is 1. The van der Waals surface area contributed by atoms with Crippen molar-refractivity contribution >= 4 is 32.9 Å². The van der Waals surface area contributed by atoms with Gasteiger partial charge >= 0.3 is 20.5 Å². The SMILES string of the molecule is CCOC(=O)C=Cc1ccco1.CCOC(=O)COP(OCC)OCC.O=Cc1ccco1. The summed E-state index contributed by atoms with van der Waals surface area (Å²) in [6.07, 6.45) is 6.58. The fraction of sp³-hybridized carbons (Fsp3) is 0.409. The first-order chi connectivity index (χ1) is 16.0. The molecule has 2 rings (SSSR count). The highest BCUT2D eigenvalue weighted by Gasteiger charge is 2.13. The van der Waals surface area contributed by atoms with Gasteiger partial charge in [-0.15, -0.1) is 0 Å². The fourth-order valence-electron chi connectivity index (χ4n) is 1.72. The lowest BCUT2D eigenvalue weighted by atomic mass is 10.4. The number of carbonyl (C=O) groups excluding carboxylic acids is 3. The first kappa shape index (κ1) is 30.2. The predicted molar refractivity (Wildman–Crippen MR) is 121 cm³/mol. The molecule has 0 aliphatic carbocycles. The van der Waals surface area contributed by atoms with E-state index in [1.807, 2.05) is 13.8 Å². The van der Waals surface area contributed by atoms with Crippen molar-refractivity contribution in [3.05, 3.63) is 54.4 Å². The highest BCUT2D eigenvalue weighted by molar-refractivity contribution is 7.41. The van der Waals surface area contributed by atoms with E-state index in [9.17, 15) is 14.4 Å². The second kappa shape index (κ2) is 21.1. The normalized spacial score (nSPS) is 10.1. The maximum atomic E-state index is 10.9. The maximum Gasteiger partial charge on any atom is 0.333 e. The molecule has 0 aromatic carbocycles. The lowest BCUT2D eigenvalue weighted by Crippen LogP contribution is -2.11. The van der Waals surface area contributed by atoms with Crippen molar-refractivity contribution in [3.63, 3.8) is 0 Å². The Kier molecular flexibility index (Phi) is 19.3. The van der Waals surface area contributed by atoms with Crippen molar-refractivity contribution in [3.8, 4) is 0 Å². The summed E-state index contributed by atoms with van der Waals surface area (Å²) in [4.78, 5) is 31.5. The van der Waals surface area contributed by atoms with Gasteiger partial charge in [0.25, 0.3) is 0 Å². The smallest absolute Gasteiger partial charge is 0.333 e. The monoisotopic (exact) mass is 486 g/mol. The van der Waals surface area contributed by atoms with E-state index >= 15 is 0 Å². The molecule has 2 aromatic heterocycles. The molecule has 0 radical (unpaired) electrons. The van der Waals surface area contributed by atoms with Crippen LogP contribution >= 0.6 is 8.60 Å². The molecule has 2 heterocycles. The second-order valence-corrected chi connectivity index (χ2v) is 6.59. The molecular weight excluding hydrogens is 455 g/mol. The average molecular weight is 486 g/mol. The molecule has 0 unspecified atom stereocenters. The topological polar surface area (TPSA) is 124 Å². The predicted octanol–water partition coefficient (Wildman–Crippen LogP) is 4.81. The van der Waals surface area contributed by atoms with E-state index in [0.717, 1.165) is 0 Å². The summed E-state index contributed by atoms with van der Waals surface area (Å²) < 4.78 is 34.3. The van der Waals surface area contributed by atoms with Gasteiger partial charge in [-0.25, -0.2) is 9.59 Å². The van der Waals surface area contributed by atoms with E-state index in [0.29, 0.717) is 44.2 Å². The van der Waals surface area contributed by atoms with Crippen LogP contribution < -0.4 is 0 Å². The lowest BCUT2D eigenvalue weighted by Gasteiger charge is -2.13. The lowest BCUT2D eigenvalue weighted by molar-refractivity contribution is -0.145. The molecular formula is C22H31O10P. The third kappa shape index (κ3) is 17.5. The number of ether oxygens (including phenoxy) is 2. The minimum Gasteiger partial charge on any atom is -0.465 e. The number of furan rings is 2. The van der Waals surface area contributed by atoms with Gasteiger partial charge in [0.05, 0.1) is 39.0 Å². The number of hydrogen-bond donors (Lipinski definition) is 0. The first-order valence-corrected chi connectivity index (χ1v) is 11.3. The van der Waals surface area contributed by atoms with Crippen LogP contribution in [0.3, 0.4) is 0 Å². The van der Waals surface area contributed by atoms with Crippen LogP contribution in [0, 0.1) is 0 Å². The van der Waals surface area contributed by atoms with Crippen LogP contribution in [0.2, 0.25) is 0 Å². The molecule has 0 aliphatic heterocycles. The molecule has 10 nitrogen and oxygen atoms in total. The summed E-state index contributed by atoms with van der Waals surface area (Å²) >= 11 is 0. The molecule has 0 amide bonds. The first-order valence-electron chi connectivity index (χ1n) is 10.2. The minimum atomic E-state index is -1.40. The third-order valence-electron chi connectivity index (χ3n) is 2.93. The van der Waals surface area contributed by atoms with Gasteiger partial charge in [0.2, 0.25) is 0 Å². The number of esters is 2. The van der Waals surface area contributed by atoms with E-state index in [4.69, 9.17) is 18.0 Å². The summed E-state index contributed by atoms with van der Waals surface area (Å²) in [5, 5.41) is 0. The molecule has 0 atom stereocenters. The average Bonchev–Trinajstić information content (AvgIpc) is 3.52. The van der Waals surface area contributed by atoms with Crippen LogP contribution in [-0.2, 0) is 32.6 Å². The van der Waals surface area contributed by atoms with Gasteiger partial charge in [0, 0.05) is 6.08 Å². The van der Waals surface area contributed by atoms with Crippen LogP contribution in [0.4, 0.5) is 0 Å². The summed E-state index contributed by atoms with van der Waals surface area (Å²) in [5.41, 5.74) is 0. The zero-order valence-corrected chi connectivity index (χ0v) is 20.2. The Morgan fingerprint density at radius 3 is 1.85 bits per heavy atom. The zero-order valence-electron chi connectivity index (χ0n) is 19.3. The Bertz CT molecular complexity index is 750. The van der Waals surface area contributed by atoms with E-state index in [-0.39, 0.29) is 12.6 Å². The van der Waals surface area contributed by atoms with Gasteiger partial charge in [0.15, 0.2) is 18.7 Å². The molecule has 0 saturated heterocycles. The van der Waals surface area contributed by atoms with Gasteiger partial charge in [-0.2, -0.15) is 0 Å². The Morgan fingerprint density at radius 2 is 1.42 bits per heavy atom. The van der Waals surface area contributed by atoms with Crippen LogP contribution in [0.15, 0.2) is 51.7 Å². The maximum absolute atomic E-state index is 10.9. The molecule has 2 aromatic rings. The van der Waals surface area contributed by atoms with Crippen molar-refractivity contribution < 1.29 is 46.3 Å². The van der Waals surface area contributed by atoms with E-state index < -0.39 is 14.6 Å². The van der Waals surface area contributed by atoms with Crippen molar-refractivity contribution in [2.45, 2.75) is 27.7 Å². The Hall–Kier alpha value is -2.78. The summed E-state index contributed by atoms with van der Waals surface area (Å²) in [6.45, 7) is 8.78. The van der Waals surface area contributed by atoms with Crippen molar-refractivity contribution in [2.75, 3.05) is 33.0 Å². The van der Waals surface area contributed by atoms with Gasteiger partial charge in [-0.3, -0.25) is 4.79 Å². The summed E-state index contributed by atoms with van der Waals surface area (Å²) in [6, 6.07) is 6.79. The largest absolute Gasteiger partial charge is 0.465 e. The Labute approximate surface area is 194 Å². The van der Waals surface area contributed by atoms with Crippen LogP contribution in [-0.4, -0.2) is 51.3 Å². The molecule has 0 spiro atoms. The molecule has 0 saturated carbocycles. The minimum absolute atomic E-state index is 0.125. The highest BCUT2D eigenvalue weighted by Crippen LogP contribution is 2.38. The fourth-order valence-corrected chi connectivity index (χ4v) is 2.57. The van der Waals surface area contributed by atoms with E-state index in [2.05, 4.69) is 13.9 Å². The van der Waals surface area contributed by atoms with Crippen molar-refractivity contribution in [2.24, 2.45) is 0 Å². The number of rotatable bonds is 12. The highest BCUT2D eigenvalue weighted by atomic mass is 31.2. The third-order valence-corrected chi connectivity index (χ3v) is 4.21. The molecule has 11 heteroatoms. The second-order valence-electron chi connectivity index (χ2n) is 5.37. The molecule has 0 fully saturated rings. The van der Waals surface area contributed by atoms with Crippen LogP contribution in [0.5, 0.6) is 0 Å².